The summed E-state index contributed by atoms with van der Waals surface area (Å²) in [5.74, 6) is 0.0596. The smallest absolute Gasteiger partial charge is 0.260 e. The number of ether oxygens (including phenoxy) is 1. The molecule has 3 aromatic rings. The standard InChI is InChI=1S/C22H23N3O3S/c1-15-4-8-18(9-5-15)24-20(26)12-25(3)21(27)13-28-19-10-6-17(7-11-19)22-23-16(2)14-29-22/h4-11,14H,12-13H2,1-3H3,(H,24,26). The highest BCUT2D eigenvalue weighted by molar-refractivity contribution is 7.13. The Bertz CT molecular complexity index is 981. The van der Waals surface area contributed by atoms with Gasteiger partial charge >= 0.3 is 0 Å². The van der Waals surface area contributed by atoms with Gasteiger partial charge in [0, 0.05) is 29.4 Å². The fourth-order valence-electron chi connectivity index (χ4n) is 2.58. The summed E-state index contributed by atoms with van der Waals surface area (Å²) >= 11 is 1.59. The van der Waals surface area contributed by atoms with Crippen LogP contribution >= 0.6 is 11.3 Å². The molecule has 6 nitrogen and oxygen atoms in total. The van der Waals surface area contributed by atoms with Crippen molar-refractivity contribution in [2.75, 3.05) is 25.5 Å². The van der Waals surface area contributed by atoms with Crippen LogP contribution in [0.25, 0.3) is 10.6 Å². The summed E-state index contributed by atoms with van der Waals surface area (Å²) in [6.45, 7) is 3.76. The van der Waals surface area contributed by atoms with Gasteiger partial charge in [0.05, 0.1) is 6.54 Å². The summed E-state index contributed by atoms with van der Waals surface area (Å²) in [5.41, 5.74) is 3.81. The van der Waals surface area contributed by atoms with Crippen molar-refractivity contribution in [3.05, 3.63) is 65.2 Å². The third-order valence-electron chi connectivity index (χ3n) is 4.22. The number of aromatic nitrogens is 1. The number of amides is 2. The lowest BCUT2D eigenvalue weighted by Crippen LogP contribution is -2.37. The van der Waals surface area contributed by atoms with Crippen LogP contribution < -0.4 is 10.1 Å². The first-order chi connectivity index (χ1) is 13.9. The molecule has 1 N–H and O–H groups in total. The van der Waals surface area contributed by atoms with E-state index in [2.05, 4.69) is 10.3 Å². The molecule has 0 bridgehead atoms. The molecule has 2 amide bonds. The van der Waals surface area contributed by atoms with E-state index in [0.717, 1.165) is 21.8 Å². The summed E-state index contributed by atoms with van der Waals surface area (Å²) in [6.07, 6.45) is 0. The Kier molecular flexibility index (Phi) is 6.61. The third kappa shape index (κ3) is 5.89. The zero-order valence-electron chi connectivity index (χ0n) is 16.6. The molecule has 3 rings (SSSR count). The largest absolute Gasteiger partial charge is 0.484 e. The molecule has 0 aliphatic heterocycles. The number of carbonyl (C=O) groups excluding carboxylic acids is 2. The molecule has 1 heterocycles. The van der Waals surface area contributed by atoms with Crippen molar-refractivity contribution in [3.63, 3.8) is 0 Å². The minimum atomic E-state index is -0.274. The predicted molar refractivity (Wildman–Crippen MR) is 115 cm³/mol. The highest BCUT2D eigenvalue weighted by Crippen LogP contribution is 2.25. The van der Waals surface area contributed by atoms with Gasteiger partial charge in [0.15, 0.2) is 6.61 Å². The highest BCUT2D eigenvalue weighted by atomic mass is 32.1. The quantitative estimate of drug-likeness (QED) is 0.642. The summed E-state index contributed by atoms with van der Waals surface area (Å²) in [7, 11) is 1.58. The molecule has 0 aliphatic rings. The molecule has 0 saturated carbocycles. The van der Waals surface area contributed by atoms with Gasteiger partial charge < -0.3 is 15.0 Å². The van der Waals surface area contributed by atoms with Crippen molar-refractivity contribution in [1.82, 2.24) is 9.88 Å². The number of hydrogen-bond acceptors (Lipinski definition) is 5. The number of carbonyl (C=O) groups is 2. The molecule has 0 unspecified atom stereocenters. The van der Waals surface area contributed by atoms with Crippen molar-refractivity contribution >= 4 is 28.8 Å². The second-order valence-corrected chi connectivity index (χ2v) is 7.63. The Morgan fingerprint density at radius 3 is 2.38 bits per heavy atom. The van der Waals surface area contributed by atoms with Gasteiger partial charge in [-0.25, -0.2) is 4.98 Å². The van der Waals surface area contributed by atoms with E-state index in [-0.39, 0.29) is 25.0 Å². The first kappa shape index (κ1) is 20.5. The van der Waals surface area contributed by atoms with Crippen LogP contribution in [0.5, 0.6) is 5.75 Å². The Hall–Kier alpha value is -3.19. The maximum atomic E-state index is 12.3. The van der Waals surface area contributed by atoms with Crippen molar-refractivity contribution in [1.29, 1.82) is 0 Å². The van der Waals surface area contributed by atoms with E-state index in [4.69, 9.17) is 4.74 Å². The highest BCUT2D eigenvalue weighted by Gasteiger charge is 2.14. The van der Waals surface area contributed by atoms with Crippen LogP contribution in [0.4, 0.5) is 5.69 Å². The van der Waals surface area contributed by atoms with Crippen LogP contribution in [0.2, 0.25) is 0 Å². The summed E-state index contributed by atoms with van der Waals surface area (Å²) in [5, 5.41) is 5.73. The van der Waals surface area contributed by atoms with E-state index in [1.165, 1.54) is 4.90 Å². The Morgan fingerprint density at radius 1 is 1.07 bits per heavy atom. The zero-order valence-corrected chi connectivity index (χ0v) is 17.5. The van der Waals surface area contributed by atoms with E-state index in [0.29, 0.717) is 11.4 Å². The normalized spacial score (nSPS) is 10.4. The lowest BCUT2D eigenvalue weighted by molar-refractivity contribution is -0.135. The molecule has 0 aliphatic carbocycles. The Labute approximate surface area is 174 Å². The molecular weight excluding hydrogens is 386 g/mol. The van der Waals surface area contributed by atoms with Gasteiger partial charge in [-0.1, -0.05) is 17.7 Å². The summed E-state index contributed by atoms with van der Waals surface area (Å²) in [4.78, 5) is 30.2. The number of anilines is 1. The average Bonchev–Trinajstić information content (AvgIpc) is 3.14. The number of nitrogens with one attached hydrogen (secondary N) is 1. The number of likely N-dealkylation sites (N-methyl/N-ethyl adjacent to an activating group) is 1. The molecule has 2 aromatic carbocycles. The first-order valence-corrected chi connectivity index (χ1v) is 10.0. The first-order valence-electron chi connectivity index (χ1n) is 9.16. The van der Waals surface area contributed by atoms with Crippen molar-refractivity contribution in [3.8, 4) is 16.3 Å². The van der Waals surface area contributed by atoms with Crippen LogP contribution in [0.15, 0.2) is 53.9 Å². The van der Waals surface area contributed by atoms with E-state index in [9.17, 15) is 9.59 Å². The second kappa shape index (κ2) is 9.34. The number of thiazole rings is 1. The van der Waals surface area contributed by atoms with E-state index >= 15 is 0 Å². The van der Waals surface area contributed by atoms with E-state index < -0.39 is 0 Å². The molecular formula is C22H23N3O3S. The van der Waals surface area contributed by atoms with Crippen LogP contribution in [-0.4, -0.2) is 41.9 Å². The molecule has 29 heavy (non-hydrogen) atoms. The van der Waals surface area contributed by atoms with E-state index in [1.807, 2.05) is 67.8 Å². The molecule has 0 spiro atoms. The zero-order chi connectivity index (χ0) is 20.8. The van der Waals surface area contributed by atoms with E-state index in [1.54, 1.807) is 18.4 Å². The summed E-state index contributed by atoms with van der Waals surface area (Å²) in [6, 6.07) is 14.9. The van der Waals surface area contributed by atoms with Gasteiger partial charge in [-0.05, 0) is 50.2 Å². The van der Waals surface area contributed by atoms with Crippen molar-refractivity contribution in [2.24, 2.45) is 0 Å². The van der Waals surface area contributed by atoms with Crippen molar-refractivity contribution in [2.45, 2.75) is 13.8 Å². The average molecular weight is 410 g/mol. The van der Waals surface area contributed by atoms with Crippen LogP contribution in [0.3, 0.4) is 0 Å². The number of hydrogen-bond donors (Lipinski definition) is 1. The lowest BCUT2D eigenvalue weighted by atomic mass is 10.2. The van der Waals surface area contributed by atoms with Crippen LogP contribution in [-0.2, 0) is 9.59 Å². The monoisotopic (exact) mass is 409 g/mol. The topological polar surface area (TPSA) is 71.5 Å². The van der Waals surface area contributed by atoms with Crippen LogP contribution in [0, 0.1) is 13.8 Å². The third-order valence-corrected chi connectivity index (χ3v) is 5.23. The summed E-state index contributed by atoms with van der Waals surface area (Å²) < 4.78 is 5.56. The maximum Gasteiger partial charge on any atom is 0.260 e. The molecule has 0 radical (unpaired) electrons. The number of nitrogens with zero attached hydrogens (tertiary/aromatic N) is 2. The number of rotatable bonds is 7. The molecule has 0 fully saturated rings. The molecule has 0 saturated heterocycles. The van der Waals surface area contributed by atoms with Gasteiger partial charge in [0.25, 0.3) is 5.91 Å². The SMILES string of the molecule is Cc1ccc(NC(=O)CN(C)C(=O)COc2ccc(-c3nc(C)cs3)cc2)cc1. The number of aryl methyl sites for hydroxylation is 2. The van der Waals surface area contributed by atoms with Crippen LogP contribution in [0.1, 0.15) is 11.3 Å². The Morgan fingerprint density at radius 2 is 1.76 bits per heavy atom. The molecule has 0 atom stereocenters. The minimum absolute atomic E-state index is 0.0432. The number of benzene rings is 2. The lowest BCUT2D eigenvalue weighted by Gasteiger charge is -2.17. The second-order valence-electron chi connectivity index (χ2n) is 6.77. The fraction of sp³-hybridized carbons (Fsp3) is 0.227. The fourth-order valence-corrected chi connectivity index (χ4v) is 3.38. The van der Waals surface area contributed by atoms with Gasteiger partial charge in [-0.3, -0.25) is 9.59 Å². The minimum Gasteiger partial charge on any atom is -0.484 e. The predicted octanol–water partition coefficient (Wildman–Crippen LogP) is 3.90. The van der Waals surface area contributed by atoms with Gasteiger partial charge in [0.2, 0.25) is 5.91 Å². The van der Waals surface area contributed by atoms with Crippen molar-refractivity contribution < 1.29 is 14.3 Å². The molecule has 150 valence electrons. The van der Waals surface area contributed by atoms with Gasteiger partial charge in [0.1, 0.15) is 10.8 Å². The van der Waals surface area contributed by atoms with Gasteiger partial charge in [-0.15, -0.1) is 11.3 Å². The molecule has 7 heteroatoms. The van der Waals surface area contributed by atoms with Gasteiger partial charge in [-0.2, -0.15) is 0 Å². The molecule has 1 aromatic heterocycles. The Balaban J connectivity index is 1.46. The maximum absolute atomic E-state index is 12.3.